The number of methoxy groups -OCH3 is 1. The third-order valence-corrected chi connectivity index (χ3v) is 5.90. The molecule has 1 aromatic carbocycles. The number of hydrogen-bond acceptors (Lipinski definition) is 5. The number of carbonyl (C=O) groups excluding carboxylic acids is 3. The van der Waals surface area contributed by atoms with Crippen LogP contribution < -0.4 is 5.32 Å². The molecule has 2 aromatic rings. The summed E-state index contributed by atoms with van der Waals surface area (Å²) in [6, 6.07) is 7.12. The number of likely N-dealkylation sites (tertiary alicyclic amines) is 1. The van der Waals surface area contributed by atoms with Crippen LogP contribution in [0.4, 0.5) is 4.79 Å². The largest absolute Gasteiger partial charge is 0.467 e. The highest BCUT2D eigenvalue weighted by atomic mass is 16.6. The molecular formula is C25H35N3O5. The number of aromatic amines is 1. The monoisotopic (exact) mass is 457 g/mol. The first-order valence-corrected chi connectivity index (χ1v) is 11.4. The summed E-state index contributed by atoms with van der Waals surface area (Å²) in [5.74, 6) is -0.559. The Balaban J connectivity index is 1.97. The van der Waals surface area contributed by atoms with E-state index in [2.05, 4.69) is 10.3 Å². The minimum atomic E-state index is -1.23. The molecule has 33 heavy (non-hydrogen) atoms. The first kappa shape index (κ1) is 24.6. The van der Waals surface area contributed by atoms with Crippen LogP contribution >= 0.6 is 0 Å². The Labute approximate surface area is 195 Å². The molecule has 2 N–H and O–H groups in total. The van der Waals surface area contributed by atoms with Crippen molar-refractivity contribution in [2.75, 3.05) is 13.7 Å². The molecule has 1 aliphatic rings. The van der Waals surface area contributed by atoms with Crippen molar-refractivity contribution in [2.45, 2.75) is 71.1 Å². The number of benzene rings is 1. The van der Waals surface area contributed by atoms with Gasteiger partial charge >= 0.3 is 12.1 Å². The van der Waals surface area contributed by atoms with Gasteiger partial charge in [-0.1, -0.05) is 32.0 Å². The molecule has 0 spiro atoms. The van der Waals surface area contributed by atoms with Crippen molar-refractivity contribution in [1.82, 2.24) is 15.2 Å². The molecule has 3 rings (SSSR count). The van der Waals surface area contributed by atoms with E-state index in [9.17, 15) is 14.4 Å². The predicted octanol–water partition coefficient (Wildman–Crippen LogP) is 3.79. The van der Waals surface area contributed by atoms with Gasteiger partial charge in [0.1, 0.15) is 17.2 Å². The zero-order chi connectivity index (χ0) is 24.4. The van der Waals surface area contributed by atoms with Crippen LogP contribution in [0.2, 0.25) is 0 Å². The molecule has 0 aliphatic carbocycles. The van der Waals surface area contributed by atoms with Gasteiger partial charge in [-0.3, -0.25) is 4.79 Å². The summed E-state index contributed by atoms with van der Waals surface area (Å²) in [6.07, 6.45) is 2.33. The van der Waals surface area contributed by atoms with Gasteiger partial charge in [0.05, 0.1) is 7.11 Å². The lowest BCUT2D eigenvalue weighted by Gasteiger charge is -2.32. The molecule has 8 heteroatoms. The van der Waals surface area contributed by atoms with E-state index < -0.39 is 29.2 Å². The first-order chi connectivity index (χ1) is 15.5. The number of para-hydroxylation sites is 1. The van der Waals surface area contributed by atoms with Crippen molar-refractivity contribution >= 4 is 28.9 Å². The normalized spacial score (nSPS) is 19.7. The summed E-state index contributed by atoms with van der Waals surface area (Å²) < 4.78 is 10.5. The van der Waals surface area contributed by atoms with Crippen molar-refractivity contribution in [1.29, 1.82) is 0 Å². The maximum Gasteiger partial charge on any atom is 0.408 e. The summed E-state index contributed by atoms with van der Waals surface area (Å²) >= 11 is 0. The minimum Gasteiger partial charge on any atom is -0.467 e. The molecule has 180 valence electrons. The van der Waals surface area contributed by atoms with Gasteiger partial charge in [-0.05, 0) is 51.2 Å². The molecule has 0 saturated carbocycles. The Hall–Kier alpha value is -3.03. The molecular weight excluding hydrogens is 422 g/mol. The Kier molecular flexibility index (Phi) is 7.05. The number of nitrogens with zero attached hydrogens (tertiary/aromatic N) is 1. The summed E-state index contributed by atoms with van der Waals surface area (Å²) in [5, 5.41) is 3.87. The van der Waals surface area contributed by atoms with Gasteiger partial charge in [-0.2, -0.15) is 0 Å². The SMILES string of the molecule is COC(=O)C(CC(C)C)N1CC[C@](Cc2c[nH]c3ccccc23)(NC(=O)OC(C)(C)C)C1=O. The topological polar surface area (TPSA) is 101 Å². The fourth-order valence-electron chi connectivity index (χ4n) is 4.45. The van der Waals surface area contributed by atoms with E-state index in [1.165, 1.54) is 7.11 Å². The van der Waals surface area contributed by atoms with Crippen LogP contribution in [-0.4, -0.2) is 58.7 Å². The second-order valence-electron chi connectivity index (χ2n) is 10.2. The number of H-pyrrole nitrogens is 1. The van der Waals surface area contributed by atoms with Gasteiger partial charge in [-0.25, -0.2) is 9.59 Å². The Morgan fingerprint density at radius 1 is 1.24 bits per heavy atom. The van der Waals surface area contributed by atoms with Crippen molar-refractivity contribution in [2.24, 2.45) is 5.92 Å². The highest BCUT2D eigenvalue weighted by molar-refractivity contribution is 5.96. The summed E-state index contributed by atoms with van der Waals surface area (Å²) in [6.45, 7) is 9.65. The van der Waals surface area contributed by atoms with E-state index in [0.717, 1.165) is 16.5 Å². The Morgan fingerprint density at radius 3 is 2.58 bits per heavy atom. The average Bonchev–Trinajstić information content (AvgIpc) is 3.26. The number of ether oxygens (including phenoxy) is 2. The minimum absolute atomic E-state index is 0.185. The van der Waals surface area contributed by atoms with Crippen LogP contribution in [-0.2, 0) is 25.5 Å². The quantitative estimate of drug-likeness (QED) is 0.616. The lowest BCUT2D eigenvalue weighted by atomic mass is 9.88. The number of esters is 1. The number of amides is 2. The smallest absolute Gasteiger partial charge is 0.408 e. The van der Waals surface area contributed by atoms with Crippen LogP contribution in [0, 0.1) is 5.92 Å². The average molecular weight is 458 g/mol. The maximum atomic E-state index is 13.9. The second kappa shape index (κ2) is 9.45. The summed E-state index contributed by atoms with van der Waals surface area (Å²) in [5.41, 5.74) is -0.0688. The lowest BCUT2D eigenvalue weighted by Crippen LogP contribution is -2.58. The molecule has 0 bridgehead atoms. The molecule has 0 radical (unpaired) electrons. The van der Waals surface area contributed by atoms with Crippen molar-refractivity contribution < 1.29 is 23.9 Å². The number of fused-ring (bicyclic) bond motifs is 1. The zero-order valence-corrected chi connectivity index (χ0v) is 20.4. The number of aromatic nitrogens is 1. The van der Waals surface area contributed by atoms with E-state index in [4.69, 9.17) is 9.47 Å². The number of alkyl carbamates (subject to hydrolysis) is 1. The highest BCUT2D eigenvalue weighted by Crippen LogP contribution is 2.33. The van der Waals surface area contributed by atoms with Gasteiger partial charge < -0.3 is 24.7 Å². The van der Waals surface area contributed by atoms with Crippen LogP contribution in [0.3, 0.4) is 0 Å². The fraction of sp³-hybridized carbons (Fsp3) is 0.560. The van der Waals surface area contributed by atoms with E-state index in [-0.39, 0.29) is 18.2 Å². The van der Waals surface area contributed by atoms with Gasteiger partial charge in [0.25, 0.3) is 0 Å². The zero-order valence-electron chi connectivity index (χ0n) is 20.4. The van der Waals surface area contributed by atoms with Gasteiger partial charge in [0.15, 0.2) is 0 Å². The lowest BCUT2D eigenvalue weighted by molar-refractivity contribution is -0.153. The number of nitrogens with one attached hydrogen (secondary N) is 2. The van der Waals surface area contributed by atoms with Crippen molar-refractivity contribution in [3.05, 3.63) is 36.0 Å². The van der Waals surface area contributed by atoms with Crippen LogP contribution in [0.25, 0.3) is 10.9 Å². The molecule has 2 atom stereocenters. The number of carbonyl (C=O) groups is 3. The van der Waals surface area contributed by atoms with Crippen LogP contribution in [0.5, 0.6) is 0 Å². The molecule has 2 heterocycles. The molecule has 1 unspecified atom stereocenters. The summed E-state index contributed by atoms with van der Waals surface area (Å²) in [7, 11) is 1.33. The van der Waals surface area contributed by atoms with Crippen LogP contribution in [0.15, 0.2) is 30.5 Å². The standard InChI is InChI=1S/C25H35N3O5/c1-16(2)13-20(21(29)32-6)28-12-11-25(22(28)30,27-23(31)33-24(3,4)5)14-17-15-26-19-10-8-7-9-18(17)19/h7-10,15-16,20,26H,11-14H2,1-6H3,(H,27,31)/t20?,25-/m1/s1. The van der Waals surface area contributed by atoms with E-state index in [0.29, 0.717) is 19.4 Å². The predicted molar refractivity (Wildman–Crippen MR) is 126 cm³/mol. The van der Waals surface area contributed by atoms with Gasteiger partial charge in [0, 0.05) is 30.1 Å². The fourth-order valence-corrected chi connectivity index (χ4v) is 4.45. The molecule has 1 aromatic heterocycles. The molecule has 1 aliphatic heterocycles. The van der Waals surface area contributed by atoms with E-state index in [1.54, 1.807) is 25.7 Å². The van der Waals surface area contributed by atoms with Gasteiger partial charge in [-0.15, -0.1) is 0 Å². The van der Waals surface area contributed by atoms with Gasteiger partial charge in [0.2, 0.25) is 5.91 Å². The van der Waals surface area contributed by atoms with E-state index in [1.807, 2.05) is 44.3 Å². The molecule has 2 amide bonds. The van der Waals surface area contributed by atoms with Crippen molar-refractivity contribution in [3.8, 4) is 0 Å². The highest BCUT2D eigenvalue weighted by Gasteiger charge is 2.52. The molecule has 1 fully saturated rings. The second-order valence-corrected chi connectivity index (χ2v) is 10.2. The maximum absolute atomic E-state index is 13.9. The molecule has 8 nitrogen and oxygen atoms in total. The third kappa shape index (κ3) is 5.49. The Bertz CT molecular complexity index is 1020. The number of hydrogen-bond donors (Lipinski definition) is 2. The summed E-state index contributed by atoms with van der Waals surface area (Å²) in [4.78, 5) is 44.0. The Morgan fingerprint density at radius 2 is 1.94 bits per heavy atom. The third-order valence-electron chi connectivity index (χ3n) is 5.90. The number of rotatable bonds is 7. The first-order valence-electron chi connectivity index (χ1n) is 11.4. The molecule has 1 saturated heterocycles. The van der Waals surface area contributed by atoms with E-state index >= 15 is 0 Å². The van der Waals surface area contributed by atoms with Crippen LogP contribution in [0.1, 0.15) is 53.0 Å². The van der Waals surface area contributed by atoms with Crippen molar-refractivity contribution in [3.63, 3.8) is 0 Å².